The molecule has 1 amide bonds. The maximum atomic E-state index is 12.2. The number of esters is 1. The smallest absolute Gasteiger partial charge is 0.340 e. The molecule has 1 N–H and O–H groups in total. The van der Waals surface area contributed by atoms with Gasteiger partial charge in [0.15, 0.2) is 6.61 Å². The predicted octanol–water partition coefficient (Wildman–Crippen LogP) is 4.91. The lowest BCUT2D eigenvalue weighted by molar-refractivity contribution is -0.119. The quantitative estimate of drug-likeness (QED) is 0.725. The first kappa shape index (κ1) is 19.3. The van der Waals surface area contributed by atoms with Crippen LogP contribution in [-0.2, 0) is 22.4 Å². The Morgan fingerprint density at radius 1 is 1.00 bits per heavy atom. The molecular weight excluding hydrogens is 361 g/mol. The monoisotopic (exact) mass is 379 g/mol. The van der Waals surface area contributed by atoms with Crippen LogP contribution < -0.4 is 5.32 Å². The van der Waals surface area contributed by atoms with Crippen LogP contribution in [0, 0.1) is 0 Å². The van der Waals surface area contributed by atoms with Crippen LogP contribution in [0.2, 0.25) is 10.0 Å². The maximum absolute atomic E-state index is 12.2. The van der Waals surface area contributed by atoms with Crippen molar-refractivity contribution < 1.29 is 14.3 Å². The van der Waals surface area contributed by atoms with E-state index in [-0.39, 0.29) is 15.6 Å². The zero-order valence-corrected chi connectivity index (χ0v) is 15.6. The van der Waals surface area contributed by atoms with Gasteiger partial charge in [-0.05, 0) is 36.1 Å². The van der Waals surface area contributed by atoms with Gasteiger partial charge in [-0.15, -0.1) is 0 Å². The highest BCUT2D eigenvalue weighted by molar-refractivity contribution is 6.43. The fraction of sp³-hybridized carbons (Fsp3) is 0.263. The molecule has 0 aromatic heterocycles. The number of amides is 1. The first-order valence-corrected chi connectivity index (χ1v) is 8.75. The standard InChI is InChI=1S/C19H19Cl2NO3/c1-3-12-7-5-8-13(4-2)18(12)22-16(23)11-25-19(24)14-9-6-10-15(20)17(14)21/h5-10H,3-4,11H2,1-2H3,(H,22,23). The van der Waals surface area contributed by atoms with Gasteiger partial charge in [0.25, 0.3) is 5.91 Å². The van der Waals surface area contributed by atoms with Crippen molar-refractivity contribution >= 4 is 40.8 Å². The van der Waals surface area contributed by atoms with Gasteiger partial charge >= 0.3 is 5.97 Å². The molecule has 0 radical (unpaired) electrons. The molecule has 0 saturated heterocycles. The summed E-state index contributed by atoms with van der Waals surface area (Å²) in [5, 5.41) is 3.20. The van der Waals surface area contributed by atoms with E-state index in [0.29, 0.717) is 0 Å². The number of rotatable bonds is 6. The number of benzene rings is 2. The molecule has 25 heavy (non-hydrogen) atoms. The molecular formula is C19H19Cl2NO3. The van der Waals surface area contributed by atoms with E-state index in [2.05, 4.69) is 5.32 Å². The topological polar surface area (TPSA) is 55.4 Å². The minimum absolute atomic E-state index is 0.110. The number of hydrogen-bond acceptors (Lipinski definition) is 3. The van der Waals surface area contributed by atoms with E-state index in [1.54, 1.807) is 12.1 Å². The molecule has 2 aromatic rings. The van der Waals surface area contributed by atoms with Crippen molar-refractivity contribution in [2.75, 3.05) is 11.9 Å². The molecule has 0 spiro atoms. The molecule has 132 valence electrons. The molecule has 4 nitrogen and oxygen atoms in total. The molecule has 0 aliphatic rings. The lowest BCUT2D eigenvalue weighted by atomic mass is 10.0. The van der Waals surface area contributed by atoms with Gasteiger partial charge < -0.3 is 10.1 Å². The number of halogens is 2. The highest BCUT2D eigenvalue weighted by Crippen LogP contribution is 2.26. The van der Waals surface area contributed by atoms with Crippen LogP contribution in [0.1, 0.15) is 35.3 Å². The Balaban J connectivity index is 2.04. The largest absolute Gasteiger partial charge is 0.452 e. The van der Waals surface area contributed by atoms with Crippen molar-refractivity contribution in [3.8, 4) is 0 Å². The summed E-state index contributed by atoms with van der Waals surface area (Å²) in [6.07, 6.45) is 1.59. The van der Waals surface area contributed by atoms with E-state index in [4.69, 9.17) is 27.9 Å². The zero-order valence-electron chi connectivity index (χ0n) is 14.1. The van der Waals surface area contributed by atoms with Crippen molar-refractivity contribution in [1.29, 1.82) is 0 Å². The van der Waals surface area contributed by atoms with Gasteiger partial charge in [0.05, 0.1) is 15.6 Å². The van der Waals surface area contributed by atoms with Gasteiger partial charge in [-0.1, -0.05) is 61.3 Å². The molecule has 6 heteroatoms. The Morgan fingerprint density at radius 2 is 1.60 bits per heavy atom. The average Bonchev–Trinajstić information content (AvgIpc) is 2.62. The van der Waals surface area contributed by atoms with Gasteiger partial charge in [-0.3, -0.25) is 4.79 Å². The molecule has 0 atom stereocenters. The Bertz CT molecular complexity index is 768. The summed E-state index contributed by atoms with van der Waals surface area (Å²) < 4.78 is 5.05. The Morgan fingerprint density at radius 3 is 2.20 bits per heavy atom. The fourth-order valence-corrected chi connectivity index (χ4v) is 2.83. The van der Waals surface area contributed by atoms with Gasteiger partial charge in [0.1, 0.15) is 0 Å². The third kappa shape index (κ3) is 4.74. The molecule has 0 fully saturated rings. The van der Waals surface area contributed by atoms with Gasteiger partial charge in [0.2, 0.25) is 0 Å². The number of carbonyl (C=O) groups is 2. The van der Waals surface area contributed by atoms with Crippen LogP contribution in [0.15, 0.2) is 36.4 Å². The summed E-state index contributed by atoms with van der Waals surface area (Å²) in [6.45, 7) is 3.64. The molecule has 2 rings (SSSR count). The van der Waals surface area contributed by atoms with Crippen LogP contribution in [0.25, 0.3) is 0 Å². The molecule has 0 unspecified atom stereocenters. The minimum atomic E-state index is -0.692. The van der Waals surface area contributed by atoms with Gasteiger partial charge in [0, 0.05) is 5.69 Å². The average molecular weight is 380 g/mol. The third-order valence-electron chi connectivity index (χ3n) is 3.77. The molecule has 0 aliphatic heterocycles. The highest BCUT2D eigenvalue weighted by atomic mass is 35.5. The number of ether oxygens (including phenoxy) is 1. The molecule has 0 aliphatic carbocycles. The van der Waals surface area contributed by atoms with E-state index in [1.807, 2.05) is 32.0 Å². The van der Waals surface area contributed by atoms with Crippen molar-refractivity contribution in [3.05, 3.63) is 63.1 Å². The van der Waals surface area contributed by atoms with Gasteiger partial charge in [-0.2, -0.15) is 0 Å². The highest BCUT2D eigenvalue weighted by Gasteiger charge is 2.16. The summed E-state index contributed by atoms with van der Waals surface area (Å²) in [7, 11) is 0. The predicted molar refractivity (Wildman–Crippen MR) is 101 cm³/mol. The lowest BCUT2D eigenvalue weighted by Crippen LogP contribution is -2.22. The van der Waals surface area contributed by atoms with Crippen LogP contribution in [-0.4, -0.2) is 18.5 Å². The third-order valence-corrected chi connectivity index (χ3v) is 4.59. The Kier molecular flexibility index (Phi) is 6.85. The number of aryl methyl sites for hydroxylation is 2. The fourth-order valence-electron chi connectivity index (χ4n) is 2.45. The van der Waals surface area contributed by atoms with E-state index in [1.165, 1.54) is 6.07 Å². The van der Waals surface area contributed by atoms with E-state index < -0.39 is 18.5 Å². The number of hydrogen-bond donors (Lipinski definition) is 1. The second kappa shape index (κ2) is 8.88. The van der Waals surface area contributed by atoms with Crippen LogP contribution in [0.4, 0.5) is 5.69 Å². The summed E-state index contributed by atoms with van der Waals surface area (Å²) in [4.78, 5) is 24.3. The number of nitrogens with one attached hydrogen (secondary N) is 1. The normalized spacial score (nSPS) is 10.4. The van der Waals surface area contributed by atoms with Crippen LogP contribution >= 0.6 is 23.2 Å². The Hall–Kier alpha value is -2.04. The number of para-hydroxylation sites is 1. The van der Waals surface area contributed by atoms with E-state index in [0.717, 1.165) is 29.7 Å². The summed E-state index contributed by atoms with van der Waals surface area (Å²) in [5.74, 6) is -1.09. The summed E-state index contributed by atoms with van der Waals surface area (Å²) >= 11 is 11.9. The SMILES string of the molecule is CCc1cccc(CC)c1NC(=O)COC(=O)c1cccc(Cl)c1Cl. The van der Waals surface area contributed by atoms with Crippen LogP contribution in [0.3, 0.4) is 0 Å². The van der Waals surface area contributed by atoms with Gasteiger partial charge in [-0.25, -0.2) is 4.79 Å². The lowest BCUT2D eigenvalue weighted by Gasteiger charge is -2.14. The second-order valence-electron chi connectivity index (χ2n) is 5.38. The van der Waals surface area contributed by atoms with E-state index >= 15 is 0 Å². The van der Waals surface area contributed by atoms with Crippen molar-refractivity contribution in [2.24, 2.45) is 0 Å². The first-order valence-electron chi connectivity index (χ1n) is 7.99. The summed E-state index contributed by atoms with van der Waals surface area (Å²) in [5.41, 5.74) is 2.99. The second-order valence-corrected chi connectivity index (χ2v) is 6.17. The van der Waals surface area contributed by atoms with Crippen molar-refractivity contribution in [2.45, 2.75) is 26.7 Å². The van der Waals surface area contributed by atoms with Crippen molar-refractivity contribution in [1.82, 2.24) is 0 Å². The van der Waals surface area contributed by atoms with E-state index in [9.17, 15) is 9.59 Å². The first-order chi connectivity index (χ1) is 12.0. The van der Waals surface area contributed by atoms with Crippen molar-refractivity contribution in [3.63, 3.8) is 0 Å². The maximum Gasteiger partial charge on any atom is 0.340 e. The zero-order chi connectivity index (χ0) is 18.4. The summed E-state index contributed by atoms with van der Waals surface area (Å²) in [6, 6.07) is 10.6. The molecule has 0 bridgehead atoms. The Labute approximate surface area is 157 Å². The molecule has 0 saturated carbocycles. The minimum Gasteiger partial charge on any atom is -0.452 e. The number of anilines is 1. The molecule has 2 aromatic carbocycles. The van der Waals surface area contributed by atoms with Crippen LogP contribution in [0.5, 0.6) is 0 Å². The molecule has 0 heterocycles. The number of carbonyl (C=O) groups excluding carboxylic acids is 2.